The highest BCUT2D eigenvalue weighted by atomic mass is 16.3. The molecule has 0 heterocycles. The van der Waals surface area contributed by atoms with Crippen molar-refractivity contribution in [2.45, 2.75) is 89.9 Å². The van der Waals surface area contributed by atoms with Crippen LogP contribution in [0.3, 0.4) is 0 Å². The minimum absolute atomic E-state index is 0. The molecular weight excluding hydrogens is 372 g/mol. The maximum atomic E-state index is 10.2. The van der Waals surface area contributed by atoms with Crippen LogP contribution in [0.1, 0.15) is 75.9 Å². The second-order valence-electron chi connectivity index (χ2n) is 10.7. The zero-order valence-electron chi connectivity index (χ0n) is 18.8. The molecule has 0 saturated heterocycles. The van der Waals surface area contributed by atoms with E-state index < -0.39 is 12.2 Å². The fraction of sp³-hybridized carbons (Fsp3) is 0.704. The number of aliphatic hydroxyl groups excluding tert-OH is 3. The molecular formula is C27H46O3. The van der Waals surface area contributed by atoms with Crippen LogP contribution in [-0.2, 0) is 0 Å². The van der Waals surface area contributed by atoms with Crippen LogP contribution < -0.4 is 0 Å². The summed E-state index contributed by atoms with van der Waals surface area (Å²) in [5.74, 6) is 2.28. The van der Waals surface area contributed by atoms with Gasteiger partial charge in [-0.1, -0.05) is 50.3 Å². The quantitative estimate of drug-likeness (QED) is 0.492. The van der Waals surface area contributed by atoms with E-state index in [9.17, 15) is 15.3 Å². The number of fused-ring (bicyclic) bond motifs is 1. The van der Waals surface area contributed by atoms with Crippen LogP contribution >= 0.6 is 0 Å². The molecule has 4 aliphatic rings. The third kappa shape index (κ3) is 4.40. The second kappa shape index (κ2) is 8.76. The highest BCUT2D eigenvalue weighted by Gasteiger charge is 2.50. The van der Waals surface area contributed by atoms with Gasteiger partial charge in [0.2, 0.25) is 0 Å². The minimum atomic E-state index is -0.621. The number of rotatable bonds is 5. The van der Waals surface area contributed by atoms with Crippen molar-refractivity contribution in [1.82, 2.24) is 0 Å². The molecule has 0 aromatic heterocycles. The van der Waals surface area contributed by atoms with Crippen molar-refractivity contribution in [3.05, 3.63) is 47.6 Å². The molecule has 7 atom stereocenters. The van der Waals surface area contributed by atoms with Crippen molar-refractivity contribution in [2.75, 3.05) is 0 Å². The molecule has 4 rings (SSSR count). The summed E-state index contributed by atoms with van der Waals surface area (Å²) in [6, 6.07) is 0. The maximum Gasteiger partial charge on any atom is 0.0811 e. The lowest BCUT2D eigenvalue weighted by atomic mass is 9.61. The van der Waals surface area contributed by atoms with Crippen LogP contribution in [-0.4, -0.2) is 33.6 Å². The Morgan fingerprint density at radius 3 is 2.63 bits per heavy atom. The van der Waals surface area contributed by atoms with E-state index in [0.717, 1.165) is 17.6 Å². The SMILES string of the molecule is C=C1/C(=C\C=C2/CCC[C@]3(C)[C@@H]([C@@H](C)/C=C/[C@H](O)C4CC4)CC[C@@H]23)C[C@@H](O)C[C@@H]1O.[HH].[HH].[HH]. The Kier molecular flexibility index (Phi) is 6.44. The normalized spacial score (nSPS) is 42.1. The van der Waals surface area contributed by atoms with E-state index in [1.54, 1.807) is 0 Å². The van der Waals surface area contributed by atoms with Gasteiger partial charge in [0.05, 0.1) is 18.3 Å². The molecule has 0 aliphatic heterocycles. The largest absolute Gasteiger partial charge is 0.393 e. The number of hydrogen-bond donors (Lipinski definition) is 3. The molecule has 0 unspecified atom stereocenters. The molecule has 172 valence electrons. The first-order valence-electron chi connectivity index (χ1n) is 12.1. The molecule has 3 heteroatoms. The summed E-state index contributed by atoms with van der Waals surface area (Å²) in [6.45, 7) is 8.88. The molecule has 4 saturated carbocycles. The number of allylic oxidation sites excluding steroid dienone is 4. The van der Waals surface area contributed by atoms with Crippen LogP contribution in [0.25, 0.3) is 0 Å². The van der Waals surface area contributed by atoms with Crippen molar-refractivity contribution in [2.24, 2.45) is 29.1 Å². The monoisotopic (exact) mass is 418 g/mol. The molecule has 0 aromatic rings. The van der Waals surface area contributed by atoms with Crippen LogP contribution in [0.15, 0.2) is 47.6 Å². The fourth-order valence-corrected chi connectivity index (χ4v) is 6.63. The summed E-state index contributed by atoms with van der Waals surface area (Å²) in [7, 11) is 0. The Balaban J connectivity index is 0.00000181. The van der Waals surface area contributed by atoms with Crippen LogP contribution in [0.4, 0.5) is 0 Å². The van der Waals surface area contributed by atoms with Gasteiger partial charge in [-0.3, -0.25) is 0 Å². The third-order valence-electron chi connectivity index (χ3n) is 8.65. The summed E-state index contributed by atoms with van der Waals surface area (Å²) in [4.78, 5) is 0. The van der Waals surface area contributed by atoms with Gasteiger partial charge >= 0.3 is 0 Å². The summed E-state index contributed by atoms with van der Waals surface area (Å²) in [5.41, 5.74) is 3.63. The predicted molar refractivity (Wildman–Crippen MR) is 128 cm³/mol. The Morgan fingerprint density at radius 1 is 1.13 bits per heavy atom. The van der Waals surface area contributed by atoms with Crippen molar-refractivity contribution in [1.29, 1.82) is 0 Å². The van der Waals surface area contributed by atoms with Gasteiger partial charge in [-0.15, -0.1) is 0 Å². The fourth-order valence-electron chi connectivity index (χ4n) is 6.63. The molecule has 3 nitrogen and oxygen atoms in total. The topological polar surface area (TPSA) is 60.7 Å². The van der Waals surface area contributed by atoms with E-state index in [1.807, 2.05) is 0 Å². The predicted octanol–water partition coefficient (Wildman–Crippen LogP) is 5.83. The van der Waals surface area contributed by atoms with Gasteiger partial charge in [0.1, 0.15) is 0 Å². The molecule has 0 amide bonds. The zero-order valence-corrected chi connectivity index (χ0v) is 18.8. The van der Waals surface area contributed by atoms with Crippen molar-refractivity contribution in [3.8, 4) is 0 Å². The molecule has 30 heavy (non-hydrogen) atoms. The Bertz CT molecular complexity index is 758. The van der Waals surface area contributed by atoms with E-state index >= 15 is 0 Å². The highest BCUT2D eigenvalue weighted by Crippen LogP contribution is 2.59. The van der Waals surface area contributed by atoms with Crippen molar-refractivity contribution in [3.63, 3.8) is 0 Å². The maximum absolute atomic E-state index is 10.2. The van der Waals surface area contributed by atoms with E-state index in [4.69, 9.17) is 0 Å². The number of aliphatic hydroxyl groups is 3. The van der Waals surface area contributed by atoms with E-state index in [1.165, 1.54) is 44.1 Å². The summed E-state index contributed by atoms with van der Waals surface area (Å²) in [6.07, 6.45) is 16.9. The standard InChI is InChI=1S/C27H40O3.3H2/c1-17(6-13-25(29)20-8-9-20)23-11-12-24-19(5-4-14-27(23,24)3)7-10-21-15-22(28)16-26(30)18(21)2;;;/h6-7,10,13,17,20,22-26,28-30H,2,4-5,8-9,11-12,14-16H2,1,3H3;3*1H/b13-6+,19-7+,21-10-;;;/t17-,22+,23+,24-,25-,26-,27+;;;/m0.../s1. The lowest BCUT2D eigenvalue weighted by molar-refractivity contribution is 0.0862. The van der Waals surface area contributed by atoms with Crippen molar-refractivity contribution < 1.29 is 19.6 Å². The van der Waals surface area contributed by atoms with Crippen LogP contribution in [0.5, 0.6) is 0 Å². The minimum Gasteiger partial charge on any atom is -0.393 e. The Morgan fingerprint density at radius 2 is 1.90 bits per heavy atom. The average molecular weight is 419 g/mol. The first-order chi connectivity index (χ1) is 14.3. The molecule has 4 fully saturated rings. The lowest BCUT2D eigenvalue weighted by Gasteiger charge is -2.44. The van der Waals surface area contributed by atoms with Gasteiger partial charge in [0.15, 0.2) is 0 Å². The van der Waals surface area contributed by atoms with Gasteiger partial charge in [-0.2, -0.15) is 0 Å². The second-order valence-corrected chi connectivity index (χ2v) is 10.7. The average Bonchev–Trinajstić information content (AvgIpc) is 3.49. The zero-order chi connectivity index (χ0) is 21.5. The van der Waals surface area contributed by atoms with Gasteiger partial charge < -0.3 is 15.3 Å². The smallest absolute Gasteiger partial charge is 0.0811 e. The van der Waals surface area contributed by atoms with Gasteiger partial charge in [-0.25, -0.2) is 0 Å². The van der Waals surface area contributed by atoms with E-state index in [2.05, 4.69) is 44.7 Å². The molecule has 0 aromatic carbocycles. The molecule has 3 N–H and O–H groups in total. The molecule has 0 radical (unpaired) electrons. The van der Waals surface area contributed by atoms with E-state index in [0.29, 0.717) is 41.9 Å². The highest BCUT2D eigenvalue weighted by molar-refractivity contribution is 5.38. The van der Waals surface area contributed by atoms with E-state index in [-0.39, 0.29) is 10.4 Å². The first kappa shape index (κ1) is 22.0. The Hall–Kier alpha value is -1.16. The van der Waals surface area contributed by atoms with Crippen LogP contribution in [0, 0.1) is 29.1 Å². The summed E-state index contributed by atoms with van der Waals surface area (Å²) < 4.78 is 0. The van der Waals surface area contributed by atoms with Gasteiger partial charge in [-0.05, 0) is 91.6 Å². The summed E-state index contributed by atoms with van der Waals surface area (Å²) >= 11 is 0. The number of hydrogen-bond acceptors (Lipinski definition) is 3. The van der Waals surface area contributed by atoms with Crippen molar-refractivity contribution >= 4 is 0 Å². The van der Waals surface area contributed by atoms with Gasteiger partial charge in [0, 0.05) is 10.7 Å². The first-order valence-corrected chi connectivity index (χ1v) is 12.1. The van der Waals surface area contributed by atoms with Crippen LogP contribution in [0.2, 0.25) is 0 Å². The lowest BCUT2D eigenvalue weighted by Crippen LogP contribution is -2.35. The molecule has 0 spiro atoms. The summed E-state index contributed by atoms with van der Waals surface area (Å²) in [5, 5.41) is 30.4. The van der Waals surface area contributed by atoms with Gasteiger partial charge in [0.25, 0.3) is 0 Å². The third-order valence-corrected chi connectivity index (χ3v) is 8.65. The Labute approximate surface area is 186 Å². The molecule has 0 bridgehead atoms. The molecule has 4 aliphatic carbocycles.